The summed E-state index contributed by atoms with van der Waals surface area (Å²) in [6, 6.07) is 91.4. The molecule has 0 aliphatic carbocycles. The molecule has 2 atom stereocenters. The van der Waals surface area contributed by atoms with Gasteiger partial charge in [0.05, 0.1) is 0 Å². The Kier molecular flexibility index (Phi) is 17.4. The van der Waals surface area contributed by atoms with Crippen molar-refractivity contribution in [3.05, 3.63) is 266 Å². The summed E-state index contributed by atoms with van der Waals surface area (Å²) in [6.07, 6.45) is 0. The second-order valence-electron chi connectivity index (χ2n) is 15.7. The third-order valence-corrected chi connectivity index (χ3v) is 16.3. The first-order chi connectivity index (χ1) is 32.7. The third kappa shape index (κ3) is 12.3. The van der Waals surface area contributed by atoms with E-state index in [0.717, 1.165) is 11.1 Å². The standard InChI is InChI=1S/C44H32P2.C14H16N2.BF4.Rh/c1-5-19-35(20-6-1)45(36-21-7-2-8-22-36)41-31-29-33-17-13-15-27-39(33)43(41)44-40-28-16-14-18-34(40)30-32-42(44)46(37-23-9-3-10-24-37)38-25-11-4-12-26-38;15-13(11-7-3-1-4-8-11)14(16)12-9-5-2-6-10-12;2-1(3,4)5;/h1-32H;1-10,13-14H,15-16H2;;/q;;-1;/t;13-,14-;;/m.1../s1. The van der Waals surface area contributed by atoms with Crippen molar-refractivity contribution < 1.29 is 36.7 Å². The van der Waals surface area contributed by atoms with Crippen LogP contribution in [-0.2, 0) is 19.5 Å². The topological polar surface area (TPSA) is 52.0 Å². The average molecular weight is 1020 g/mol. The van der Waals surface area contributed by atoms with Gasteiger partial charge in [0.15, 0.2) is 0 Å². The second-order valence-corrected chi connectivity index (χ2v) is 20.1. The Hall–Kier alpha value is -6.09. The summed E-state index contributed by atoms with van der Waals surface area (Å²) in [5.41, 5.74) is 17.1. The summed E-state index contributed by atoms with van der Waals surface area (Å²) in [5, 5.41) is 13.3. The van der Waals surface area contributed by atoms with Crippen LogP contribution in [0.2, 0.25) is 0 Å². The number of hydrogen-bond acceptors (Lipinski definition) is 2. The molecule has 0 bridgehead atoms. The van der Waals surface area contributed by atoms with E-state index in [1.807, 2.05) is 60.7 Å². The Labute approximate surface area is 411 Å². The first-order valence-corrected chi connectivity index (χ1v) is 24.7. The molecular formula is C58H48BF4N2P2Rh-. The summed E-state index contributed by atoms with van der Waals surface area (Å²) in [4.78, 5) is 0. The van der Waals surface area contributed by atoms with Crippen LogP contribution in [0, 0.1) is 0 Å². The van der Waals surface area contributed by atoms with Crippen molar-refractivity contribution in [2.45, 2.75) is 12.1 Å². The molecule has 0 heterocycles. The van der Waals surface area contributed by atoms with E-state index in [1.54, 1.807) is 0 Å². The Morgan fingerprint density at radius 3 is 0.824 bits per heavy atom. The van der Waals surface area contributed by atoms with Crippen molar-refractivity contribution >= 4 is 76.5 Å². The fraction of sp³-hybridized carbons (Fsp3) is 0.0345. The molecule has 0 aliphatic heterocycles. The van der Waals surface area contributed by atoms with Gasteiger partial charge in [-0.05, 0) is 91.5 Å². The molecule has 1 radical (unpaired) electrons. The Morgan fingerprint density at radius 2 is 0.544 bits per heavy atom. The molecule has 0 aromatic heterocycles. The summed E-state index contributed by atoms with van der Waals surface area (Å²) >= 11 is 0. The van der Waals surface area contributed by atoms with E-state index in [1.165, 1.54) is 64.5 Å². The zero-order valence-electron chi connectivity index (χ0n) is 36.9. The van der Waals surface area contributed by atoms with Gasteiger partial charge in [-0.2, -0.15) is 0 Å². The first kappa shape index (κ1) is 49.8. The van der Waals surface area contributed by atoms with Crippen LogP contribution in [0.15, 0.2) is 255 Å². The third-order valence-electron chi connectivity index (χ3n) is 11.4. The molecule has 0 aliphatic rings. The van der Waals surface area contributed by atoms with Gasteiger partial charge >= 0.3 is 7.25 Å². The normalized spacial score (nSPS) is 12.0. The molecule has 10 aromatic carbocycles. The van der Waals surface area contributed by atoms with Crippen LogP contribution in [0.5, 0.6) is 0 Å². The Morgan fingerprint density at radius 1 is 0.309 bits per heavy atom. The maximum atomic E-state index is 9.75. The SMILES string of the molecule is F[B-](F)(F)F.N[C@H](c1ccccc1)[C@H](N)c1ccccc1.[Rh].c1ccc(P(c2ccccc2)c2ccc3ccccc3c2-c2c(P(c3ccccc3)c3ccccc3)ccc3ccccc23)cc1. The largest absolute Gasteiger partial charge is 0.673 e. The van der Waals surface area contributed by atoms with Crippen LogP contribution in [0.3, 0.4) is 0 Å². The quantitative estimate of drug-likeness (QED) is 0.0815. The van der Waals surface area contributed by atoms with E-state index in [9.17, 15) is 17.3 Å². The van der Waals surface area contributed by atoms with Crippen LogP contribution < -0.4 is 43.3 Å². The van der Waals surface area contributed by atoms with Crippen LogP contribution in [0.25, 0.3) is 32.7 Å². The zero-order valence-corrected chi connectivity index (χ0v) is 40.3. The number of nitrogens with two attached hydrogens (primary N) is 2. The maximum absolute atomic E-state index is 9.75. The summed E-state index contributed by atoms with van der Waals surface area (Å²) in [5.74, 6) is 0. The molecule has 10 rings (SSSR count). The van der Waals surface area contributed by atoms with E-state index in [-0.39, 0.29) is 31.6 Å². The first-order valence-electron chi connectivity index (χ1n) is 22.0. The second kappa shape index (κ2) is 23.8. The Balaban J connectivity index is 0.000000259. The molecule has 0 saturated heterocycles. The minimum atomic E-state index is -6.00. The van der Waals surface area contributed by atoms with Gasteiger partial charge in [-0.3, -0.25) is 0 Å². The summed E-state index contributed by atoms with van der Waals surface area (Å²) in [6.45, 7) is 0. The van der Waals surface area contributed by atoms with Gasteiger partial charge < -0.3 is 28.7 Å². The van der Waals surface area contributed by atoms with Gasteiger partial charge in [0.2, 0.25) is 0 Å². The van der Waals surface area contributed by atoms with Gasteiger partial charge in [-0.1, -0.05) is 255 Å². The number of halogens is 4. The fourth-order valence-electron chi connectivity index (χ4n) is 8.35. The van der Waals surface area contributed by atoms with Gasteiger partial charge in [-0.15, -0.1) is 0 Å². The summed E-state index contributed by atoms with van der Waals surface area (Å²) in [7, 11) is -7.70. The molecule has 4 N–H and O–H groups in total. The molecule has 341 valence electrons. The van der Waals surface area contributed by atoms with Crippen molar-refractivity contribution in [2.24, 2.45) is 11.5 Å². The summed E-state index contributed by atoms with van der Waals surface area (Å²) < 4.78 is 39.0. The molecule has 0 saturated carbocycles. The van der Waals surface area contributed by atoms with E-state index in [4.69, 9.17) is 11.5 Å². The number of hydrogen-bond donors (Lipinski definition) is 2. The molecule has 2 nitrogen and oxygen atoms in total. The predicted octanol–water partition coefficient (Wildman–Crippen LogP) is 12.9. The fourth-order valence-corrected chi connectivity index (χ4v) is 13.3. The van der Waals surface area contributed by atoms with E-state index >= 15 is 0 Å². The van der Waals surface area contributed by atoms with Crippen LogP contribution in [0.1, 0.15) is 23.2 Å². The number of fused-ring (bicyclic) bond motifs is 2. The zero-order chi connectivity index (χ0) is 46.6. The van der Waals surface area contributed by atoms with Crippen LogP contribution >= 0.6 is 15.8 Å². The minimum Gasteiger partial charge on any atom is -0.418 e. The van der Waals surface area contributed by atoms with Gasteiger partial charge in [0, 0.05) is 31.6 Å². The number of rotatable bonds is 10. The average Bonchev–Trinajstić information content (AvgIpc) is 3.37. The molecule has 0 amide bonds. The molecule has 0 spiro atoms. The van der Waals surface area contributed by atoms with Crippen molar-refractivity contribution in [2.75, 3.05) is 0 Å². The van der Waals surface area contributed by atoms with E-state index in [2.05, 4.69) is 194 Å². The van der Waals surface area contributed by atoms with Gasteiger partial charge in [0.25, 0.3) is 0 Å². The number of benzene rings is 10. The van der Waals surface area contributed by atoms with Crippen molar-refractivity contribution in [3.8, 4) is 11.1 Å². The molecule has 0 fully saturated rings. The smallest absolute Gasteiger partial charge is 0.418 e. The van der Waals surface area contributed by atoms with Gasteiger partial charge in [-0.25, -0.2) is 0 Å². The molecule has 0 unspecified atom stereocenters. The van der Waals surface area contributed by atoms with E-state index in [0.29, 0.717) is 0 Å². The predicted molar refractivity (Wildman–Crippen MR) is 281 cm³/mol. The molecule has 10 aromatic rings. The molecular weight excluding hydrogens is 976 g/mol. The van der Waals surface area contributed by atoms with Crippen molar-refractivity contribution in [3.63, 3.8) is 0 Å². The van der Waals surface area contributed by atoms with Crippen molar-refractivity contribution in [1.82, 2.24) is 0 Å². The molecule has 68 heavy (non-hydrogen) atoms. The maximum Gasteiger partial charge on any atom is 0.673 e. The van der Waals surface area contributed by atoms with Crippen molar-refractivity contribution in [1.29, 1.82) is 0 Å². The minimum absolute atomic E-state index is 0. The van der Waals surface area contributed by atoms with Gasteiger partial charge in [0.1, 0.15) is 0 Å². The van der Waals surface area contributed by atoms with Crippen LogP contribution in [0.4, 0.5) is 17.3 Å². The Bertz CT molecular complexity index is 2830. The monoisotopic (exact) mass is 1020 g/mol. The van der Waals surface area contributed by atoms with E-state index < -0.39 is 23.1 Å². The molecule has 10 heteroatoms. The van der Waals surface area contributed by atoms with Crippen LogP contribution in [-0.4, -0.2) is 7.25 Å².